The zero-order valence-electron chi connectivity index (χ0n) is 11.2. The van der Waals surface area contributed by atoms with Crippen molar-refractivity contribution in [1.29, 1.82) is 0 Å². The molecule has 5 nitrogen and oxygen atoms in total. The summed E-state index contributed by atoms with van der Waals surface area (Å²) in [5.74, 6) is 0.595. The number of rotatable bonds is 4. The van der Waals surface area contributed by atoms with Gasteiger partial charge in [0.15, 0.2) is 0 Å². The highest BCUT2D eigenvalue weighted by Crippen LogP contribution is 2.17. The number of hydrogen-bond acceptors (Lipinski definition) is 3. The van der Waals surface area contributed by atoms with Crippen LogP contribution in [0.25, 0.3) is 0 Å². The summed E-state index contributed by atoms with van der Waals surface area (Å²) < 4.78 is 5.45. The Bertz CT molecular complexity index is 400. The fraction of sp³-hybridized carbons (Fsp3) is 0.500. The van der Waals surface area contributed by atoms with E-state index in [-0.39, 0.29) is 6.03 Å². The number of amides is 2. The van der Waals surface area contributed by atoms with Crippen LogP contribution in [0.2, 0.25) is 0 Å². The molecule has 0 aliphatic carbocycles. The van der Waals surface area contributed by atoms with Gasteiger partial charge in [-0.2, -0.15) is 0 Å². The van der Waals surface area contributed by atoms with E-state index in [0.717, 1.165) is 37.6 Å². The van der Waals surface area contributed by atoms with Gasteiger partial charge in [-0.1, -0.05) is 0 Å². The maximum atomic E-state index is 11.1. The Hall–Kier alpha value is -1.75. The lowest BCUT2D eigenvalue weighted by Gasteiger charge is -2.22. The molecule has 0 spiro atoms. The van der Waals surface area contributed by atoms with E-state index < -0.39 is 0 Å². The van der Waals surface area contributed by atoms with E-state index in [1.807, 2.05) is 24.3 Å². The van der Waals surface area contributed by atoms with Crippen molar-refractivity contribution in [2.45, 2.75) is 12.8 Å². The molecule has 1 saturated heterocycles. The highest BCUT2D eigenvalue weighted by molar-refractivity contribution is 5.89. The molecule has 1 unspecified atom stereocenters. The minimum atomic E-state index is -0.208. The lowest BCUT2D eigenvalue weighted by molar-refractivity contribution is 0.0595. The lowest BCUT2D eigenvalue weighted by atomic mass is 10.0. The zero-order chi connectivity index (χ0) is 13.5. The largest absolute Gasteiger partial charge is 0.385 e. The fourth-order valence-corrected chi connectivity index (χ4v) is 2.10. The molecular formula is C14H21N3O2. The maximum Gasteiger partial charge on any atom is 0.318 e. The van der Waals surface area contributed by atoms with Crippen LogP contribution in [-0.4, -0.2) is 32.8 Å². The van der Waals surface area contributed by atoms with Gasteiger partial charge >= 0.3 is 6.03 Å². The Morgan fingerprint density at radius 1 is 1.32 bits per heavy atom. The standard InChI is InChI=1S/C14H21N3O2/c1-15-14(18)17-13-6-4-12(5-7-13)16-9-11-3-2-8-19-10-11/h4-7,11,16H,2-3,8-10H2,1H3,(H2,15,17,18). The molecule has 1 fully saturated rings. The number of urea groups is 1. The maximum absolute atomic E-state index is 11.1. The van der Waals surface area contributed by atoms with Crippen molar-refractivity contribution in [3.8, 4) is 0 Å². The van der Waals surface area contributed by atoms with E-state index in [1.54, 1.807) is 7.05 Å². The Kier molecular flexibility index (Phi) is 5.03. The third-order valence-corrected chi connectivity index (χ3v) is 3.22. The summed E-state index contributed by atoms with van der Waals surface area (Å²) in [5, 5.41) is 8.64. The topological polar surface area (TPSA) is 62.4 Å². The molecule has 1 atom stereocenters. The number of hydrogen-bond donors (Lipinski definition) is 3. The van der Waals surface area contributed by atoms with Crippen LogP contribution in [0.4, 0.5) is 16.2 Å². The third-order valence-electron chi connectivity index (χ3n) is 3.22. The van der Waals surface area contributed by atoms with Gasteiger partial charge in [0.2, 0.25) is 0 Å². The number of nitrogens with one attached hydrogen (secondary N) is 3. The second-order valence-corrected chi connectivity index (χ2v) is 4.75. The van der Waals surface area contributed by atoms with E-state index in [1.165, 1.54) is 6.42 Å². The molecule has 3 N–H and O–H groups in total. The van der Waals surface area contributed by atoms with Gasteiger partial charge in [0, 0.05) is 31.6 Å². The molecular weight excluding hydrogens is 242 g/mol. The van der Waals surface area contributed by atoms with Crippen LogP contribution in [-0.2, 0) is 4.74 Å². The number of ether oxygens (including phenoxy) is 1. The van der Waals surface area contributed by atoms with Crippen molar-refractivity contribution >= 4 is 17.4 Å². The molecule has 0 bridgehead atoms. The van der Waals surface area contributed by atoms with Crippen LogP contribution in [0.5, 0.6) is 0 Å². The van der Waals surface area contributed by atoms with E-state index in [4.69, 9.17) is 4.74 Å². The van der Waals surface area contributed by atoms with Crippen molar-refractivity contribution in [3.63, 3.8) is 0 Å². The first kappa shape index (κ1) is 13.7. The number of carbonyl (C=O) groups is 1. The first-order valence-corrected chi connectivity index (χ1v) is 6.68. The highest BCUT2D eigenvalue weighted by Gasteiger charge is 2.13. The number of anilines is 2. The SMILES string of the molecule is CNC(=O)Nc1ccc(NCC2CCCOC2)cc1. The van der Waals surface area contributed by atoms with Gasteiger partial charge < -0.3 is 20.7 Å². The smallest absolute Gasteiger partial charge is 0.318 e. The van der Waals surface area contributed by atoms with Crippen LogP contribution in [0.15, 0.2) is 24.3 Å². The summed E-state index contributed by atoms with van der Waals surface area (Å²) in [6, 6.07) is 7.49. The molecule has 1 aliphatic rings. The summed E-state index contributed by atoms with van der Waals surface area (Å²) in [4.78, 5) is 11.1. The summed E-state index contributed by atoms with van der Waals surface area (Å²) >= 11 is 0. The molecule has 1 aromatic carbocycles. The van der Waals surface area contributed by atoms with Gasteiger partial charge in [-0.25, -0.2) is 4.79 Å². The quantitative estimate of drug-likeness (QED) is 0.781. The van der Waals surface area contributed by atoms with E-state index >= 15 is 0 Å². The van der Waals surface area contributed by atoms with E-state index in [9.17, 15) is 4.79 Å². The van der Waals surface area contributed by atoms with Gasteiger partial charge in [0.1, 0.15) is 0 Å². The van der Waals surface area contributed by atoms with Gasteiger partial charge in [-0.3, -0.25) is 0 Å². The molecule has 5 heteroatoms. The summed E-state index contributed by atoms with van der Waals surface area (Å²) in [6.07, 6.45) is 2.38. The van der Waals surface area contributed by atoms with Crippen LogP contribution < -0.4 is 16.0 Å². The number of benzene rings is 1. The lowest BCUT2D eigenvalue weighted by Crippen LogP contribution is -2.25. The van der Waals surface area contributed by atoms with E-state index in [0.29, 0.717) is 5.92 Å². The van der Waals surface area contributed by atoms with Crippen LogP contribution in [0, 0.1) is 5.92 Å². The predicted molar refractivity (Wildman–Crippen MR) is 76.6 cm³/mol. The third kappa shape index (κ3) is 4.44. The molecule has 2 rings (SSSR count). The molecule has 0 aromatic heterocycles. The normalized spacial score (nSPS) is 18.7. The molecule has 0 radical (unpaired) electrons. The van der Waals surface area contributed by atoms with Crippen molar-refractivity contribution in [2.75, 3.05) is 37.4 Å². The van der Waals surface area contributed by atoms with Gasteiger partial charge in [0.25, 0.3) is 0 Å². The Balaban J connectivity index is 1.79. The van der Waals surface area contributed by atoms with Crippen LogP contribution in [0.1, 0.15) is 12.8 Å². The molecule has 1 aromatic rings. The molecule has 0 saturated carbocycles. The van der Waals surface area contributed by atoms with Crippen molar-refractivity contribution < 1.29 is 9.53 Å². The fourth-order valence-electron chi connectivity index (χ4n) is 2.10. The Morgan fingerprint density at radius 2 is 2.05 bits per heavy atom. The first-order valence-electron chi connectivity index (χ1n) is 6.68. The molecule has 104 valence electrons. The Morgan fingerprint density at radius 3 is 2.68 bits per heavy atom. The summed E-state index contributed by atoms with van der Waals surface area (Å²) in [7, 11) is 1.59. The van der Waals surface area contributed by atoms with Crippen molar-refractivity contribution in [2.24, 2.45) is 5.92 Å². The predicted octanol–water partition coefficient (Wildman–Crippen LogP) is 2.28. The van der Waals surface area contributed by atoms with Crippen LogP contribution >= 0.6 is 0 Å². The molecule has 1 aliphatic heterocycles. The van der Waals surface area contributed by atoms with Gasteiger partial charge in [0.05, 0.1) is 6.61 Å². The summed E-state index contributed by atoms with van der Waals surface area (Å²) in [5.41, 5.74) is 1.85. The summed E-state index contributed by atoms with van der Waals surface area (Å²) in [6.45, 7) is 2.68. The van der Waals surface area contributed by atoms with Crippen molar-refractivity contribution in [3.05, 3.63) is 24.3 Å². The van der Waals surface area contributed by atoms with Crippen LogP contribution in [0.3, 0.4) is 0 Å². The molecule has 1 heterocycles. The average molecular weight is 263 g/mol. The second kappa shape index (κ2) is 6.99. The van der Waals surface area contributed by atoms with E-state index in [2.05, 4.69) is 16.0 Å². The van der Waals surface area contributed by atoms with Gasteiger partial charge in [-0.05, 0) is 43.0 Å². The second-order valence-electron chi connectivity index (χ2n) is 4.75. The van der Waals surface area contributed by atoms with Gasteiger partial charge in [-0.15, -0.1) is 0 Å². The zero-order valence-corrected chi connectivity index (χ0v) is 11.2. The van der Waals surface area contributed by atoms with Crippen molar-refractivity contribution in [1.82, 2.24) is 5.32 Å². The number of carbonyl (C=O) groups excluding carboxylic acids is 1. The minimum absolute atomic E-state index is 0.208. The highest BCUT2D eigenvalue weighted by atomic mass is 16.5. The Labute approximate surface area is 113 Å². The average Bonchev–Trinajstić information content (AvgIpc) is 2.47. The monoisotopic (exact) mass is 263 g/mol. The first-order chi connectivity index (χ1) is 9.28. The molecule has 2 amide bonds. The molecule has 19 heavy (non-hydrogen) atoms. The minimum Gasteiger partial charge on any atom is -0.385 e.